The maximum absolute atomic E-state index is 12.9. The van der Waals surface area contributed by atoms with Crippen molar-refractivity contribution >= 4 is 23.4 Å². The molecule has 2 aliphatic rings. The summed E-state index contributed by atoms with van der Waals surface area (Å²) in [6, 6.07) is 4.62. The number of carbonyl (C=O) groups excluding carboxylic acids is 2. The minimum absolute atomic E-state index is 0.0781. The molecule has 1 atom stereocenters. The molecule has 2 amide bonds. The summed E-state index contributed by atoms with van der Waals surface area (Å²) in [5.41, 5.74) is 0.418. The number of carbonyl (C=O) groups is 2. The molecule has 1 aromatic rings. The lowest BCUT2D eigenvalue weighted by atomic mass is 10.1. The summed E-state index contributed by atoms with van der Waals surface area (Å²) < 4.78 is 5.28. The van der Waals surface area contributed by atoms with Crippen LogP contribution in [0, 0.1) is 0 Å². The van der Waals surface area contributed by atoms with Crippen LogP contribution in [0.25, 0.3) is 0 Å². The fourth-order valence-corrected chi connectivity index (χ4v) is 3.59. The summed E-state index contributed by atoms with van der Waals surface area (Å²) in [5.74, 6) is 0.382. The fraction of sp³-hybridized carbons (Fsp3) is 0.529. The van der Waals surface area contributed by atoms with Crippen molar-refractivity contribution in [3.8, 4) is 5.75 Å². The van der Waals surface area contributed by atoms with Crippen molar-refractivity contribution < 1.29 is 14.3 Å². The van der Waals surface area contributed by atoms with Crippen LogP contribution < -0.4 is 4.74 Å². The Balaban J connectivity index is 1.83. The first-order valence-corrected chi connectivity index (χ1v) is 8.43. The van der Waals surface area contributed by atoms with E-state index in [1.54, 1.807) is 23.1 Å². The van der Waals surface area contributed by atoms with E-state index in [0.717, 1.165) is 38.8 Å². The van der Waals surface area contributed by atoms with E-state index in [-0.39, 0.29) is 17.9 Å². The lowest BCUT2D eigenvalue weighted by molar-refractivity contribution is -0.134. The summed E-state index contributed by atoms with van der Waals surface area (Å²) in [7, 11) is 1.52. The number of hydrogen-bond acceptors (Lipinski definition) is 3. The molecule has 2 aliphatic heterocycles. The van der Waals surface area contributed by atoms with Crippen LogP contribution in [0.15, 0.2) is 18.2 Å². The van der Waals surface area contributed by atoms with Crippen LogP contribution in [0.5, 0.6) is 5.75 Å². The predicted molar refractivity (Wildman–Crippen MR) is 87.9 cm³/mol. The zero-order valence-electron chi connectivity index (χ0n) is 13.3. The molecule has 0 N–H and O–H groups in total. The Labute approximate surface area is 141 Å². The quantitative estimate of drug-likeness (QED) is 0.852. The molecule has 2 saturated heterocycles. The van der Waals surface area contributed by atoms with Gasteiger partial charge in [0.1, 0.15) is 11.8 Å². The molecule has 0 spiro atoms. The summed E-state index contributed by atoms with van der Waals surface area (Å²) in [4.78, 5) is 29.2. The van der Waals surface area contributed by atoms with Gasteiger partial charge in [0.05, 0.1) is 12.7 Å². The first-order chi connectivity index (χ1) is 11.1. The third kappa shape index (κ3) is 3.15. The topological polar surface area (TPSA) is 49.9 Å². The number of nitrogens with zero attached hydrogens (tertiary/aromatic N) is 2. The summed E-state index contributed by atoms with van der Waals surface area (Å²) >= 11 is 6.03. The second-order valence-electron chi connectivity index (χ2n) is 6.03. The molecular formula is C17H21ClN2O3. The van der Waals surface area contributed by atoms with Gasteiger partial charge in [-0.25, -0.2) is 0 Å². The van der Waals surface area contributed by atoms with Gasteiger partial charge in [-0.05, 0) is 43.9 Å². The van der Waals surface area contributed by atoms with Gasteiger partial charge in [-0.1, -0.05) is 11.6 Å². The molecule has 6 heteroatoms. The number of rotatable bonds is 3. The molecule has 0 aliphatic carbocycles. The van der Waals surface area contributed by atoms with Crippen LogP contribution in [-0.4, -0.2) is 54.4 Å². The Hall–Kier alpha value is -1.75. The highest BCUT2D eigenvalue weighted by Gasteiger charge is 2.38. The Morgan fingerprint density at radius 1 is 1.17 bits per heavy atom. The smallest absolute Gasteiger partial charge is 0.258 e. The first kappa shape index (κ1) is 16.1. The molecule has 0 radical (unpaired) electrons. The molecule has 5 nitrogen and oxygen atoms in total. The van der Waals surface area contributed by atoms with E-state index in [0.29, 0.717) is 22.9 Å². The predicted octanol–water partition coefficient (Wildman–Crippen LogP) is 2.58. The molecular weight excluding hydrogens is 316 g/mol. The Morgan fingerprint density at radius 3 is 2.61 bits per heavy atom. The van der Waals surface area contributed by atoms with Crippen LogP contribution in [0.1, 0.15) is 36.0 Å². The minimum Gasteiger partial charge on any atom is -0.496 e. The van der Waals surface area contributed by atoms with Crippen molar-refractivity contribution in [3.63, 3.8) is 0 Å². The standard InChI is InChI=1S/C17H21ClN2O3/c1-23-15-7-6-12(18)11-13(15)16(21)20-10-4-5-14(20)17(22)19-8-2-3-9-19/h6-7,11,14H,2-5,8-10H2,1H3. The van der Waals surface area contributed by atoms with Gasteiger partial charge < -0.3 is 14.5 Å². The Bertz CT molecular complexity index is 614. The highest BCUT2D eigenvalue weighted by atomic mass is 35.5. The lowest BCUT2D eigenvalue weighted by Gasteiger charge is -2.28. The second kappa shape index (κ2) is 6.79. The maximum atomic E-state index is 12.9. The van der Waals surface area contributed by atoms with E-state index in [1.165, 1.54) is 7.11 Å². The van der Waals surface area contributed by atoms with Crippen molar-refractivity contribution in [2.75, 3.05) is 26.7 Å². The number of likely N-dealkylation sites (tertiary alicyclic amines) is 2. The number of halogens is 1. The highest BCUT2D eigenvalue weighted by molar-refractivity contribution is 6.31. The van der Waals surface area contributed by atoms with Crippen molar-refractivity contribution in [2.24, 2.45) is 0 Å². The monoisotopic (exact) mass is 336 g/mol. The molecule has 2 heterocycles. The fourth-order valence-electron chi connectivity index (χ4n) is 3.42. The molecule has 0 bridgehead atoms. The first-order valence-electron chi connectivity index (χ1n) is 8.05. The number of ether oxygens (including phenoxy) is 1. The van der Waals surface area contributed by atoms with Crippen LogP contribution >= 0.6 is 11.6 Å². The summed E-state index contributed by atoms with van der Waals surface area (Å²) in [5, 5.41) is 0.482. The van der Waals surface area contributed by atoms with E-state index in [2.05, 4.69) is 0 Å². The number of benzene rings is 1. The SMILES string of the molecule is COc1ccc(Cl)cc1C(=O)N1CCCC1C(=O)N1CCCC1. The van der Waals surface area contributed by atoms with Gasteiger partial charge in [-0.2, -0.15) is 0 Å². The maximum Gasteiger partial charge on any atom is 0.258 e. The lowest BCUT2D eigenvalue weighted by Crippen LogP contribution is -2.47. The van der Waals surface area contributed by atoms with E-state index in [9.17, 15) is 9.59 Å². The van der Waals surface area contributed by atoms with Crippen molar-refractivity contribution in [3.05, 3.63) is 28.8 Å². The van der Waals surface area contributed by atoms with Gasteiger partial charge in [0.2, 0.25) is 5.91 Å². The average Bonchev–Trinajstić information content (AvgIpc) is 3.24. The van der Waals surface area contributed by atoms with Crippen LogP contribution in [0.2, 0.25) is 5.02 Å². The Kier molecular flexibility index (Phi) is 4.76. The number of methoxy groups -OCH3 is 1. The minimum atomic E-state index is -0.357. The van der Waals surface area contributed by atoms with Crippen LogP contribution in [0.3, 0.4) is 0 Å². The second-order valence-corrected chi connectivity index (χ2v) is 6.47. The van der Waals surface area contributed by atoms with Crippen LogP contribution in [0.4, 0.5) is 0 Å². The summed E-state index contributed by atoms with van der Waals surface area (Å²) in [6.07, 6.45) is 3.67. The van der Waals surface area contributed by atoms with E-state index in [1.807, 2.05) is 4.90 Å². The normalized spacial score (nSPS) is 20.9. The van der Waals surface area contributed by atoms with Gasteiger partial charge >= 0.3 is 0 Å². The zero-order chi connectivity index (χ0) is 16.4. The average molecular weight is 337 g/mol. The van der Waals surface area contributed by atoms with Crippen molar-refractivity contribution in [2.45, 2.75) is 31.7 Å². The zero-order valence-corrected chi connectivity index (χ0v) is 14.0. The van der Waals surface area contributed by atoms with E-state index < -0.39 is 0 Å². The molecule has 23 heavy (non-hydrogen) atoms. The van der Waals surface area contributed by atoms with Gasteiger partial charge in [0.25, 0.3) is 5.91 Å². The number of hydrogen-bond donors (Lipinski definition) is 0. The van der Waals surface area contributed by atoms with Gasteiger partial charge in [0.15, 0.2) is 0 Å². The van der Waals surface area contributed by atoms with E-state index in [4.69, 9.17) is 16.3 Å². The van der Waals surface area contributed by atoms with Crippen molar-refractivity contribution in [1.29, 1.82) is 0 Å². The molecule has 0 aromatic heterocycles. The molecule has 1 aromatic carbocycles. The van der Waals surface area contributed by atoms with Gasteiger partial charge in [0, 0.05) is 24.7 Å². The van der Waals surface area contributed by atoms with Crippen LogP contribution in [-0.2, 0) is 4.79 Å². The van der Waals surface area contributed by atoms with Crippen molar-refractivity contribution in [1.82, 2.24) is 9.80 Å². The molecule has 1 unspecified atom stereocenters. The molecule has 3 rings (SSSR count). The van der Waals surface area contributed by atoms with E-state index >= 15 is 0 Å². The molecule has 2 fully saturated rings. The third-order valence-corrected chi connectivity index (χ3v) is 4.84. The van der Waals surface area contributed by atoms with Gasteiger partial charge in [-0.15, -0.1) is 0 Å². The molecule has 0 saturated carbocycles. The Morgan fingerprint density at radius 2 is 1.91 bits per heavy atom. The number of amides is 2. The highest BCUT2D eigenvalue weighted by Crippen LogP contribution is 2.28. The third-order valence-electron chi connectivity index (χ3n) is 4.61. The molecule has 124 valence electrons. The van der Waals surface area contributed by atoms with Gasteiger partial charge in [-0.3, -0.25) is 9.59 Å². The largest absolute Gasteiger partial charge is 0.496 e. The summed E-state index contributed by atoms with van der Waals surface area (Å²) in [6.45, 7) is 2.20.